The predicted octanol–water partition coefficient (Wildman–Crippen LogP) is 2.95. The van der Waals surface area contributed by atoms with Gasteiger partial charge in [0.1, 0.15) is 6.04 Å². The Morgan fingerprint density at radius 1 is 0.962 bits per heavy atom. The standard InChI is InChI=1S/C19H18N4O2S/c1-22-19-16(14-9-5-3-6-10-14)13-20-23(19)17(15-11-7-4-8-12-15)18(21-22)26(2,24)25/h3-13,17H,1-2H3. The number of hydrogen-bond donors (Lipinski definition) is 0. The summed E-state index contributed by atoms with van der Waals surface area (Å²) in [5, 5.41) is 10.6. The number of aromatic nitrogens is 2. The molecule has 0 spiro atoms. The smallest absolute Gasteiger partial charge is 0.193 e. The number of sulfone groups is 1. The lowest BCUT2D eigenvalue weighted by Gasteiger charge is -2.30. The van der Waals surface area contributed by atoms with Gasteiger partial charge < -0.3 is 0 Å². The van der Waals surface area contributed by atoms with Gasteiger partial charge in [-0.05, 0) is 11.1 Å². The fourth-order valence-corrected chi connectivity index (χ4v) is 4.15. The molecule has 0 N–H and O–H groups in total. The van der Waals surface area contributed by atoms with Crippen molar-refractivity contribution in [3.05, 3.63) is 72.4 Å². The van der Waals surface area contributed by atoms with Crippen LogP contribution in [0.15, 0.2) is 72.0 Å². The number of hydrogen-bond acceptors (Lipinski definition) is 5. The lowest BCUT2D eigenvalue weighted by atomic mass is 10.1. The van der Waals surface area contributed by atoms with Gasteiger partial charge in [0, 0.05) is 18.9 Å². The van der Waals surface area contributed by atoms with Crippen molar-refractivity contribution in [2.45, 2.75) is 6.04 Å². The van der Waals surface area contributed by atoms with Gasteiger partial charge in [0.05, 0.1) is 6.20 Å². The zero-order valence-corrected chi connectivity index (χ0v) is 15.3. The summed E-state index contributed by atoms with van der Waals surface area (Å²) in [4.78, 5) is 0. The fourth-order valence-electron chi connectivity index (χ4n) is 3.24. The van der Waals surface area contributed by atoms with Crippen LogP contribution < -0.4 is 5.01 Å². The summed E-state index contributed by atoms with van der Waals surface area (Å²) in [5.74, 6) is 0.762. The van der Waals surface area contributed by atoms with E-state index in [9.17, 15) is 8.42 Å². The summed E-state index contributed by atoms with van der Waals surface area (Å²) >= 11 is 0. The molecule has 0 bridgehead atoms. The maximum absolute atomic E-state index is 12.4. The number of nitrogens with zero attached hydrogens (tertiary/aromatic N) is 4. The van der Waals surface area contributed by atoms with E-state index in [4.69, 9.17) is 0 Å². The maximum atomic E-state index is 12.4. The molecule has 0 amide bonds. The average Bonchev–Trinajstić information content (AvgIpc) is 3.08. The van der Waals surface area contributed by atoms with E-state index in [0.29, 0.717) is 0 Å². The molecule has 0 saturated carbocycles. The van der Waals surface area contributed by atoms with Crippen LogP contribution in [0.25, 0.3) is 11.1 Å². The maximum Gasteiger partial charge on any atom is 0.193 e. The second-order valence-electron chi connectivity index (χ2n) is 6.24. The molecule has 2 aromatic carbocycles. The molecule has 1 atom stereocenters. The molecule has 1 aromatic heterocycles. The average molecular weight is 366 g/mol. The van der Waals surface area contributed by atoms with Gasteiger partial charge in [0.15, 0.2) is 20.7 Å². The van der Waals surface area contributed by atoms with Gasteiger partial charge in [0.25, 0.3) is 0 Å². The number of fused-ring (bicyclic) bond motifs is 1. The first kappa shape index (κ1) is 16.5. The summed E-state index contributed by atoms with van der Waals surface area (Å²) in [6.07, 6.45) is 2.94. The normalized spacial score (nSPS) is 16.9. The van der Waals surface area contributed by atoms with E-state index in [2.05, 4.69) is 10.2 Å². The van der Waals surface area contributed by atoms with Crippen LogP contribution in [0.4, 0.5) is 5.82 Å². The molecule has 3 aromatic rings. The fraction of sp³-hybridized carbons (Fsp3) is 0.158. The third-order valence-corrected chi connectivity index (χ3v) is 5.45. The van der Waals surface area contributed by atoms with Crippen LogP contribution >= 0.6 is 0 Å². The van der Waals surface area contributed by atoms with Crippen LogP contribution in [-0.4, -0.2) is 36.5 Å². The van der Waals surface area contributed by atoms with Crippen molar-refractivity contribution in [3.63, 3.8) is 0 Å². The van der Waals surface area contributed by atoms with Gasteiger partial charge in [0.2, 0.25) is 0 Å². The summed E-state index contributed by atoms with van der Waals surface area (Å²) in [6.45, 7) is 0. The largest absolute Gasteiger partial charge is 0.250 e. The van der Waals surface area contributed by atoms with Gasteiger partial charge in [-0.1, -0.05) is 60.7 Å². The molecule has 132 valence electrons. The lowest BCUT2D eigenvalue weighted by Crippen LogP contribution is -2.36. The highest BCUT2D eigenvalue weighted by molar-refractivity contribution is 8.05. The monoisotopic (exact) mass is 366 g/mol. The van der Waals surface area contributed by atoms with E-state index in [0.717, 1.165) is 22.5 Å². The van der Waals surface area contributed by atoms with Crippen molar-refractivity contribution in [3.8, 4) is 11.1 Å². The quantitative estimate of drug-likeness (QED) is 0.699. The Morgan fingerprint density at radius 3 is 2.19 bits per heavy atom. The van der Waals surface area contributed by atoms with Gasteiger partial charge in [-0.25, -0.2) is 18.1 Å². The second kappa shape index (κ2) is 6.10. The Hall–Kier alpha value is -2.93. The Kier molecular flexibility index (Phi) is 3.88. The van der Waals surface area contributed by atoms with Crippen molar-refractivity contribution in [1.29, 1.82) is 0 Å². The highest BCUT2D eigenvalue weighted by Gasteiger charge is 2.36. The minimum Gasteiger partial charge on any atom is -0.250 e. The summed E-state index contributed by atoms with van der Waals surface area (Å²) in [5.41, 5.74) is 2.74. The molecule has 0 radical (unpaired) electrons. The summed E-state index contributed by atoms with van der Waals surface area (Å²) < 4.78 is 26.5. The van der Waals surface area contributed by atoms with Crippen LogP contribution in [0, 0.1) is 0 Å². The van der Waals surface area contributed by atoms with Crippen LogP contribution in [0.3, 0.4) is 0 Å². The first-order valence-corrected chi connectivity index (χ1v) is 10.1. The van der Waals surface area contributed by atoms with Gasteiger partial charge >= 0.3 is 0 Å². The highest BCUT2D eigenvalue weighted by Crippen LogP contribution is 2.38. The molecule has 1 aliphatic rings. The van der Waals surface area contributed by atoms with Gasteiger partial charge in [-0.15, -0.1) is 0 Å². The zero-order chi connectivity index (χ0) is 18.3. The third kappa shape index (κ3) is 2.70. The molecule has 0 saturated heterocycles. The molecule has 6 nitrogen and oxygen atoms in total. The molecule has 2 heterocycles. The van der Waals surface area contributed by atoms with Crippen LogP contribution in [0.1, 0.15) is 11.6 Å². The molecule has 26 heavy (non-hydrogen) atoms. The predicted molar refractivity (Wildman–Crippen MR) is 103 cm³/mol. The van der Waals surface area contributed by atoms with Crippen molar-refractivity contribution in [1.82, 2.24) is 9.78 Å². The number of anilines is 1. The highest BCUT2D eigenvalue weighted by atomic mass is 32.2. The van der Waals surface area contributed by atoms with Crippen molar-refractivity contribution < 1.29 is 8.42 Å². The summed E-state index contributed by atoms with van der Waals surface area (Å²) in [6, 6.07) is 18.7. The van der Waals surface area contributed by atoms with Crippen LogP contribution in [0.2, 0.25) is 0 Å². The topological polar surface area (TPSA) is 67.6 Å². The van der Waals surface area contributed by atoms with Crippen molar-refractivity contribution in [2.75, 3.05) is 18.3 Å². The molecule has 4 rings (SSSR count). The molecule has 7 heteroatoms. The Morgan fingerprint density at radius 2 is 1.58 bits per heavy atom. The van der Waals surface area contributed by atoms with Gasteiger partial charge in [-0.3, -0.25) is 0 Å². The number of hydrazone groups is 1. The number of rotatable bonds is 2. The lowest BCUT2D eigenvalue weighted by molar-refractivity contribution is 0.591. The Bertz CT molecular complexity index is 1070. The van der Waals surface area contributed by atoms with E-state index in [-0.39, 0.29) is 5.04 Å². The molecular formula is C19H18N4O2S. The van der Waals surface area contributed by atoms with Crippen molar-refractivity contribution in [2.24, 2.45) is 5.10 Å². The third-order valence-electron chi connectivity index (χ3n) is 4.38. The molecule has 0 fully saturated rings. The van der Waals surface area contributed by atoms with E-state index in [1.54, 1.807) is 22.9 Å². The van der Waals surface area contributed by atoms with Crippen LogP contribution in [-0.2, 0) is 9.84 Å². The van der Waals surface area contributed by atoms with E-state index in [1.165, 1.54) is 6.26 Å². The Balaban J connectivity index is 1.96. The van der Waals surface area contributed by atoms with Gasteiger partial charge in [-0.2, -0.15) is 10.2 Å². The van der Waals surface area contributed by atoms with E-state index >= 15 is 0 Å². The minimum atomic E-state index is -3.51. The molecular weight excluding hydrogens is 348 g/mol. The second-order valence-corrected chi connectivity index (χ2v) is 8.20. The van der Waals surface area contributed by atoms with E-state index in [1.807, 2.05) is 60.7 Å². The first-order chi connectivity index (χ1) is 12.5. The van der Waals surface area contributed by atoms with E-state index < -0.39 is 15.9 Å². The summed E-state index contributed by atoms with van der Waals surface area (Å²) in [7, 11) is -1.76. The number of benzene rings is 2. The Labute approximate surface area is 152 Å². The molecule has 0 aliphatic carbocycles. The molecule has 1 unspecified atom stereocenters. The van der Waals surface area contributed by atoms with Crippen LogP contribution in [0.5, 0.6) is 0 Å². The zero-order valence-electron chi connectivity index (χ0n) is 14.4. The molecule has 1 aliphatic heterocycles. The first-order valence-electron chi connectivity index (χ1n) is 8.17. The van der Waals surface area contributed by atoms with Crippen molar-refractivity contribution >= 4 is 20.7 Å². The minimum absolute atomic E-state index is 0.0846. The SMILES string of the molecule is CN1N=C(S(C)(=O)=O)C(c2ccccc2)n2ncc(-c3ccccc3)c21.